The van der Waals surface area contributed by atoms with Crippen LogP contribution in [0.3, 0.4) is 0 Å². The standard InChI is InChI=1S/C16H20N4S/c1-16(2,3)20-11-12(9-18-20)8-17-10-15-19-13-6-4-5-7-14(13)21-15/h4-7,9,11,17H,8,10H2,1-3H3. The van der Waals surface area contributed by atoms with Crippen LogP contribution in [0.5, 0.6) is 0 Å². The van der Waals surface area contributed by atoms with Crippen LogP contribution in [0.1, 0.15) is 31.3 Å². The normalized spacial score (nSPS) is 12.1. The van der Waals surface area contributed by atoms with E-state index in [9.17, 15) is 0 Å². The fraction of sp³-hybridized carbons (Fsp3) is 0.375. The molecule has 0 bridgehead atoms. The number of nitrogens with zero attached hydrogens (tertiary/aromatic N) is 3. The van der Waals surface area contributed by atoms with Gasteiger partial charge in [-0.2, -0.15) is 5.10 Å². The first-order chi connectivity index (χ1) is 10.0. The molecule has 3 aromatic rings. The maximum atomic E-state index is 4.62. The molecule has 0 saturated carbocycles. The topological polar surface area (TPSA) is 42.7 Å². The summed E-state index contributed by atoms with van der Waals surface area (Å²) in [7, 11) is 0. The van der Waals surface area contributed by atoms with Gasteiger partial charge in [-0.15, -0.1) is 11.3 Å². The Morgan fingerprint density at radius 3 is 2.71 bits per heavy atom. The zero-order valence-corrected chi connectivity index (χ0v) is 13.4. The van der Waals surface area contributed by atoms with Crippen molar-refractivity contribution in [3.8, 4) is 0 Å². The summed E-state index contributed by atoms with van der Waals surface area (Å²) in [6.07, 6.45) is 4.03. The Morgan fingerprint density at radius 1 is 1.19 bits per heavy atom. The summed E-state index contributed by atoms with van der Waals surface area (Å²) in [5.41, 5.74) is 2.32. The summed E-state index contributed by atoms with van der Waals surface area (Å²) < 4.78 is 3.25. The summed E-state index contributed by atoms with van der Waals surface area (Å²) in [4.78, 5) is 4.62. The molecule has 0 spiro atoms. The van der Waals surface area contributed by atoms with Crippen molar-refractivity contribution in [2.45, 2.75) is 39.4 Å². The average Bonchev–Trinajstić information content (AvgIpc) is 3.03. The van der Waals surface area contributed by atoms with E-state index in [1.165, 1.54) is 10.3 Å². The molecule has 5 heteroatoms. The van der Waals surface area contributed by atoms with Crippen LogP contribution in [0.2, 0.25) is 0 Å². The van der Waals surface area contributed by atoms with Gasteiger partial charge >= 0.3 is 0 Å². The second-order valence-corrected chi connectivity index (χ2v) is 7.26. The van der Waals surface area contributed by atoms with Gasteiger partial charge in [-0.3, -0.25) is 4.68 Å². The minimum Gasteiger partial charge on any atom is -0.306 e. The summed E-state index contributed by atoms with van der Waals surface area (Å²) in [6.45, 7) is 8.06. The molecule has 0 atom stereocenters. The fourth-order valence-corrected chi connectivity index (χ4v) is 3.06. The van der Waals surface area contributed by atoms with Crippen LogP contribution >= 0.6 is 11.3 Å². The van der Waals surface area contributed by atoms with Gasteiger partial charge in [0, 0.05) is 24.8 Å². The highest BCUT2D eigenvalue weighted by Crippen LogP contribution is 2.21. The van der Waals surface area contributed by atoms with Gasteiger partial charge in [0.1, 0.15) is 5.01 Å². The molecule has 0 saturated heterocycles. The number of nitrogens with one attached hydrogen (secondary N) is 1. The summed E-state index contributed by atoms with van der Waals surface area (Å²) in [5, 5.41) is 8.97. The first kappa shape index (κ1) is 14.2. The van der Waals surface area contributed by atoms with E-state index in [-0.39, 0.29) is 5.54 Å². The van der Waals surface area contributed by atoms with E-state index in [1.54, 1.807) is 11.3 Å². The monoisotopic (exact) mass is 300 g/mol. The Balaban J connectivity index is 1.59. The lowest BCUT2D eigenvalue weighted by molar-refractivity contribution is 0.355. The molecule has 1 N–H and O–H groups in total. The third kappa shape index (κ3) is 3.31. The summed E-state index contributed by atoms with van der Waals surface area (Å²) in [6, 6.07) is 8.26. The van der Waals surface area contributed by atoms with Crippen molar-refractivity contribution in [2.75, 3.05) is 0 Å². The van der Waals surface area contributed by atoms with Gasteiger partial charge in [-0.1, -0.05) is 12.1 Å². The number of para-hydroxylation sites is 1. The van der Waals surface area contributed by atoms with Crippen molar-refractivity contribution in [1.29, 1.82) is 0 Å². The maximum Gasteiger partial charge on any atom is 0.108 e. The van der Waals surface area contributed by atoms with Gasteiger partial charge in [-0.25, -0.2) is 4.98 Å². The number of rotatable bonds is 4. The lowest BCUT2D eigenvalue weighted by Crippen LogP contribution is -2.22. The quantitative estimate of drug-likeness (QED) is 0.801. The van der Waals surface area contributed by atoms with Gasteiger partial charge in [0.25, 0.3) is 0 Å². The van der Waals surface area contributed by atoms with E-state index < -0.39 is 0 Å². The largest absolute Gasteiger partial charge is 0.306 e. The number of benzene rings is 1. The number of aromatic nitrogens is 3. The van der Waals surface area contributed by atoms with Crippen molar-refractivity contribution in [1.82, 2.24) is 20.1 Å². The van der Waals surface area contributed by atoms with E-state index in [0.29, 0.717) is 0 Å². The second-order valence-electron chi connectivity index (χ2n) is 6.14. The predicted molar refractivity (Wildman–Crippen MR) is 87.4 cm³/mol. The summed E-state index contributed by atoms with van der Waals surface area (Å²) >= 11 is 1.75. The molecule has 2 aromatic heterocycles. The molecule has 2 heterocycles. The average molecular weight is 300 g/mol. The van der Waals surface area contributed by atoms with Crippen LogP contribution in [0, 0.1) is 0 Å². The molecule has 110 valence electrons. The second kappa shape index (κ2) is 5.58. The van der Waals surface area contributed by atoms with Crippen molar-refractivity contribution in [3.63, 3.8) is 0 Å². The zero-order valence-electron chi connectivity index (χ0n) is 12.6. The molecule has 3 rings (SSSR count). The van der Waals surface area contributed by atoms with E-state index in [0.717, 1.165) is 23.6 Å². The molecule has 0 unspecified atom stereocenters. The number of hydrogen-bond acceptors (Lipinski definition) is 4. The van der Waals surface area contributed by atoms with Crippen LogP contribution in [-0.2, 0) is 18.6 Å². The summed E-state index contributed by atoms with van der Waals surface area (Å²) in [5.74, 6) is 0. The number of thiazole rings is 1. The zero-order chi connectivity index (χ0) is 14.9. The molecule has 0 amide bonds. The lowest BCUT2D eigenvalue weighted by atomic mass is 10.1. The van der Waals surface area contributed by atoms with Crippen molar-refractivity contribution < 1.29 is 0 Å². The third-order valence-corrected chi connectivity index (χ3v) is 4.30. The van der Waals surface area contributed by atoms with Crippen LogP contribution in [-0.4, -0.2) is 14.8 Å². The molecule has 4 nitrogen and oxygen atoms in total. The first-order valence-electron chi connectivity index (χ1n) is 7.11. The van der Waals surface area contributed by atoms with Gasteiger partial charge < -0.3 is 5.32 Å². The van der Waals surface area contributed by atoms with Gasteiger partial charge in [0.15, 0.2) is 0 Å². The Hall–Kier alpha value is -1.72. The SMILES string of the molecule is CC(C)(C)n1cc(CNCc2nc3ccccc3s2)cn1. The van der Waals surface area contributed by atoms with E-state index in [2.05, 4.69) is 60.6 Å². The van der Waals surface area contributed by atoms with E-state index in [1.807, 2.05) is 16.9 Å². The minimum absolute atomic E-state index is 0.0330. The molecule has 0 fully saturated rings. The number of hydrogen-bond donors (Lipinski definition) is 1. The van der Waals surface area contributed by atoms with Gasteiger partial charge in [0.2, 0.25) is 0 Å². The van der Waals surface area contributed by atoms with E-state index >= 15 is 0 Å². The molecule has 0 aliphatic rings. The van der Waals surface area contributed by atoms with E-state index in [4.69, 9.17) is 0 Å². The highest BCUT2D eigenvalue weighted by molar-refractivity contribution is 7.18. The Bertz CT molecular complexity index is 703. The van der Waals surface area contributed by atoms with Crippen molar-refractivity contribution in [3.05, 3.63) is 47.2 Å². The minimum atomic E-state index is 0.0330. The van der Waals surface area contributed by atoms with Crippen molar-refractivity contribution >= 4 is 21.6 Å². The van der Waals surface area contributed by atoms with Gasteiger partial charge in [0.05, 0.1) is 22.0 Å². The molecule has 0 radical (unpaired) electrons. The molecule has 21 heavy (non-hydrogen) atoms. The lowest BCUT2D eigenvalue weighted by Gasteiger charge is -2.18. The molecule has 1 aromatic carbocycles. The predicted octanol–water partition coefficient (Wildman–Crippen LogP) is 3.54. The highest BCUT2D eigenvalue weighted by Gasteiger charge is 2.13. The van der Waals surface area contributed by atoms with Crippen LogP contribution < -0.4 is 5.32 Å². The Labute approximate surface area is 128 Å². The third-order valence-electron chi connectivity index (χ3n) is 3.27. The first-order valence-corrected chi connectivity index (χ1v) is 7.93. The van der Waals surface area contributed by atoms with Crippen LogP contribution in [0.25, 0.3) is 10.2 Å². The molecule has 0 aliphatic carbocycles. The molecular formula is C16H20N4S. The van der Waals surface area contributed by atoms with Gasteiger partial charge in [-0.05, 0) is 32.9 Å². The van der Waals surface area contributed by atoms with Crippen LogP contribution in [0.4, 0.5) is 0 Å². The smallest absolute Gasteiger partial charge is 0.108 e. The van der Waals surface area contributed by atoms with Crippen LogP contribution in [0.15, 0.2) is 36.7 Å². The molecular weight excluding hydrogens is 280 g/mol. The van der Waals surface area contributed by atoms with Crippen molar-refractivity contribution in [2.24, 2.45) is 0 Å². The molecule has 0 aliphatic heterocycles. The number of fused-ring (bicyclic) bond motifs is 1. The Kier molecular flexibility index (Phi) is 3.78. The fourth-order valence-electron chi connectivity index (χ4n) is 2.13. The highest BCUT2D eigenvalue weighted by atomic mass is 32.1. The Morgan fingerprint density at radius 2 is 2.00 bits per heavy atom. The maximum absolute atomic E-state index is 4.62.